The monoisotopic (exact) mass is 347 g/mol. The number of anilines is 2. The molecule has 0 bridgehead atoms. The first-order chi connectivity index (χ1) is 11.5. The van der Waals surface area contributed by atoms with Crippen LogP contribution in [0.25, 0.3) is 0 Å². The van der Waals surface area contributed by atoms with Gasteiger partial charge >= 0.3 is 0 Å². The molecule has 0 aliphatic heterocycles. The first kappa shape index (κ1) is 18.1. The number of aromatic nitrogens is 1. The average molecular weight is 348 g/mol. The molecule has 6 heteroatoms. The van der Waals surface area contributed by atoms with Gasteiger partial charge < -0.3 is 15.0 Å². The first-order valence-electron chi connectivity index (χ1n) is 7.87. The van der Waals surface area contributed by atoms with E-state index >= 15 is 0 Å². The fourth-order valence-electron chi connectivity index (χ4n) is 2.25. The maximum absolute atomic E-state index is 12.4. The van der Waals surface area contributed by atoms with Crippen molar-refractivity contribution in [3.05, 3.63) is 47.2 Å². The van der Waals surface area contributed by atoms with Gasteiger partial charge in [-0.15, -0.1) is 0 Å². The lowest BCUT2D eigenvalue weighted by Crippen LogP contribution is -2.28. The van der Waals surface area contributed by atoms with Crippen molar-refractivity contribution in [3.63, 3.8) is 0 Å². The molecule has 128 valence electrons. The van der Waals surface area contributed by atoms with E-state index in [4.69, 9.17) is 16.3 Å². The van der Waals surface area contributed by atoms with E-state index in [1.165, 1.54) is 0 Å². The maximum Gasteiger partial charge on any atom is 0.272 e. The van der Waals surface area contributed by atoms with E-state index in [1.807, 2.05) is 0 Å². The lowest BCUT2D eigenvalue weighted by Gasteiger charge is -2.17. The number of rotatable bonds is 7. The maximum atomic E-state index is 12.4. The number of carbonyl (C=O) groups excluding carboxylic acids is 1. The molecular weight excluding hydrogens is 326 g/mol. The molecule has 0 saturated heterocycles. The molecule has 1 amide bonds. The third-order valence-corrected chi connectivity index (χ3v) is 3.85. The van der Waals surface area contributed by atoms with Crippen LogP contribution in [0.15, 0.2) is 36.5 Å². The van der Waals surface area contributed by atoms with Crippen molar-refractivity contribution in [2.75, 3.05) is 26.0 Å². The van der Waals surface area contributed by atoms with E-state index in [0.29, 0.717) is 16.5 Å². The summed E-state index contributed by atoms with van der Waals surface area (Å²) in [4.78, 5) is 18.3. The van der Waals surface area contributed by atoms with Gasteiger partial charge in [0.2, 0.25) is 0 Å². The minimum absolute atomic E-state index is 0.0924. The Hall–Kier alpha value is -2.27. The second-order valence-corrected chi connectivity index (χ2v) is 5.92. The number of ether oxygens (including phenoxy) is 1. The second kappa shape index (κ2) is 8.55. The predicted molar refractivity (Wildman–Crippen MR) is 97.4 cm³/mol. The number of nitrogens with one attached hydrogen (secondary N) is 1. The van der Waals surface area contributed by atoms with E-state index in [9.17, 15) is 4.79 Å². The van der Waals surface area contributed by atoms with Crippen LogP contribution in [0.3, 0.4) is 0 Å². The minimum Gasteiger partial charge on any atom is -0.495 e. The smallest absolute Gasteiger partial charge is 0.272 e. The number of unbranched alkanes of at least 4 members (excludes halogenated alkanes) is 1. The SMILES string of the molecule is CCCCN(C)C(=O)c1cc(Nc2cc(Cl)ccc2OC)ccn1. The lowest BCUT2D eigenvalue weighted by atomic mass is 10.2. The summed E-state index contributed by atoms with van der Waals surface area (Å²) >= 11 is 6.04. The molecular formula is C18H22ClN3O2. The Kier molecular flexibility index (Phi) is 6.44. The van der Waals surface area contributed by atoms with Crippen LogP contribution in [-0.2, 0) is 0 Å². The molecule has 1 aromatic heterocycles. The van der Waals surface area contributed by atoms with Crippen LogP contribution in [0, 0.1) is 0 Å². The number of hydrogen-bond acceptors (Lipinski definition) is 4. The third-order valence-electron chi connectivity index (χ3n) is 3.61. The van der Waals surface area contributed by atoms with E-state index < -0.39 is 0 Å². The minimum atomic E-state index is -0.0924. The molecule has 2 aromatic rings. The van der Waals surface area contributed by atoms with Crippen LogP contribution >= 0.6 is 11.6 Å². The number of carbonyl (C=O) groups is 1. The largest absolute Gasteiger partial charge is 0.495 e. The number of hydrogen-bond donors (Lipinski definition) is 1. The van der Waals surface area contributed by atoms with E-state index in [-0.39, 0.29) is 5.91 Å². The zero-order valence-corrected chi connectivity index (χ0v) is 14.9. The van der Waals surface area contributed by atoms with Crippen molar-refractivity contribution < 1.29 is 9.53 Å². The summed E-state index contributed by atoms with van der Waals surface area (Å²) in [5, 5.41) is 3.82. The molecule has 5 nitrogen and oxygen atoms in total. The highest BCUT2D eigenvalue weighted by Crippen LogP contribution is 2.30. The average Bonchev–Trinajstić information content (AvgIpc) is 2.59. The van der Waals surface area contributed by atoms with Gasteiger partial charge in [0.25, 0.3) is 5.91 Å². The quantitative estimate of drug-likeness (QED) is 0.808. The van der Waals surface area contributed by atoms with Gasteiger partial charge in [0.05, 0.1) is 12.8 Å². The summed E-state index contributed by atoms with van der Waals surface area (Å²) in [6, 6.07) is 8.84. The highest BCUT2D eigenvalue weighted by atomic mass is 35.5. The summed E-state index contributed by atoms with van der Waals surface area (Å²) in [7, 11) is 3.39. The van der Waals surface area contributed by atoms with Gasteiger partial charge in [-0.3, -0.25) is 9.78 Å². The zero-order chi connectivity index (χ0) is 17.5. The molecule has 0 aliphatic rings. The Bertz CT molecular complexity index is 706. The number of benzene rings is 1. The number of nitrogens with zero attached hydrogens (tertiary/aromatic N) is 2. The number of amides is 1. The molecule has 0 aliphatic carbocycles. The molecule has 0 saturated carbocycles. The van der Waals surface area contributed by atoms with Crippen molar-refractivity contribution in [2.24, 2.45) is 0 Å². The number of pyridine rings is 1. The topological polar surface area (TPSA) is 54.5 Å². The summed E-state index contributed by atoms with van der Waals surface area (Å²) in [6.45, 7) is 2.82. The molecule has 1 heterocycles. The molecule has 0 atom stereocenters. The number of halogens is 1. The van der Waals surface area contributed by atoms with Crippen LogP contribution < -0.4 is 10.1 Å². The van der Waals surface area contributed by atoms with Gasteiger partial charge in [-0.2, -0.15) is 0 Å². The summed E-state index contributed by atoms with van der Waals surface area (Å²) < 4.78 is 5.32. The molecule has 0 radical (unpaired) electrons. The Morgan fingerprint density at radius 3 is 2.83 bits per heavy atom. The van der Waals surface area contributed by atoms with Gasteiger partial charge in [0.15, 0.2) is 0 Å². The standard InChI is InChI=1S/C18H22ClN3O2/c1-4-5-10-22(2)18(23)16-12-14(8-9-20-16)21-15-11-13(19)6-7-17(15)24-3/h6-9,11-12H,4-5,10H2,1-3H3,(H,20,21). The van der Waals surface area contributed by atoms with Gasteiger partial charge in [-0.05, 0) is 36.8 Å². The fourth-order valence-corrected chi connectivity index (χ4v) is 2.42. The second-order valence-electron chi connectivity index (χ2n) is 5.48. The van der Waals surface area contributed by atoms with Crippen molar-refractivity contribution in [3.8, 4) is 5.75 Å². The fraction of sp³-hybridized carbons (Fsp3) is 0.333. The Morgan fingerprint density at radius 1 is 1.33 bits per heavy atom. The van der Waals surface area contributed by atoms with Gasteiger partial charge in [-0.25, -0.2) is 0 Å². The van der Waals surface area contributed by atoms with Gasteiger partial charge in [0, 0.05) is 30.5 Å². The van der Waals surface area contributed by atoms with Gasteiger partial charge in [-0.1, -0.05) is 24.9 Å². The normalized spacial score (nSPS) is 10.3. The van der Waals surface area contributed by atoms with Crippen molar-refractivity contribution in [1.29, 1.82) is 0 Å². The van der Waals surface area contributed by atoms with E-state index in [2.05, 4.69) is 17.2 Å². The summed E-state index contributed by atoms with van der Waals surface area (Å²) in [5.74, 6) is 0.578. The molecule has 2 rings (SSSR count). The molecule has 0 spiro atoms. The van der Waals surface area contributed by atoms with Crippen LogP contribution in [0.1, 0.15) is 30.3 Å². The lowest BCUT2D eigenvalue weighted by molar-refractivity contribution is 0.0787. The van der Waals surface area contributed by atoms with Crippen LogP contribution in [0.2, 0.25) is 5.02 Å². The Balaban J connectivity index is 2.19. The van der Waals surface area contributed by atoms with Crippen LogP contribution in [0.4, 0.5) is 11.4 Å². The molecule has 0 fully saturated rings. The Labute approximate surface area is 147 Å². The molecule has 1 aromatic carbocycles. The van der Waals surface area contributed by atoms with Crippen LogP contribution in [0.5, 0.6) is 5.75 Å². The van der Waals surface area contributed by atoms with Crippen molar-refractivity contribution >= 4 is 28.9 Å². The van der Waals surface area contributed by atoms with Crippen LogP contribution in [-0.4, -0.2) is 36.5 Å². The van der Waals surface area contributed by atoms with E-state index in [0.717, 1.165) is 30.8 Å². The van der Waals surface area contributed by atoms with Gasteiger partial charge in [0.1, 0.15) is 11.4 Å². The molecule has 1 N–H and O–H groups in total. The van der Waals surface area contributed by atoms with Crippen molar-refractivity contribution in [1.82, 2.24) is 9.88 Å². The summed E-state index contributed by atoms with van der Waals surface area (Å²) in [5.41, 5.74) is 1.88. The van der Waals surface area contributed by atoms with E-state index in [1.54, 1.807) is 55.6 Å². The Morgan fingerprint density at radius 2 is 2.12 bits per heavy atom. The highest BCUT2D eigenvalue weighted by molar-refractivity contribution is 6.31. The molecule has 24 heavy (non-hydrogen) atoms. The molecule has 0 unspecified atom stereocenters. The first-order valence-corrected chi connectivity index (χ1v) is 8.25. The summed E-state index contributed by atoms with van der Waals surface area (Å²) in [6.07, 6.45) is 3.63. The highest BCUT2D eigenvalue weighted by Gasteiger charge is 2.13. The van der Waals surface area contributed by atoms with Crippen molar-refractivity contribution in [2.45, 2.75) is 19.8 Å². The number of methoxy groups -OCH3 is 1. The zero-order valence-electron chi connectivity index (χ0n) is 14.2. The predicted octanol–water partition coefficient (Wildman–Crippen LogP) is 4.36. The third kappa shape index (κ3) is 4.61.